The Morgan fingerprint density at radius 1 is 1.16 bits per heavy atom. The molecule has 0 aliphatic heterocycles. The lowest BCUT2D eigenvalue weighted by molar-refractivity contribution is -0.145. The second-order valence-corrected chi connectivity index (χ2v) is 7.72. The van der Waals surface area contributed by atoms with Crippen LogP contribution in [0.1, 0.15) is 12.5 Å². The van der Waals surface area contributed by atoms with Gasteiger partial charge in [-0.05, 0) is 37.1 Å². The fraction of sp³-hybridized carbons (Fsp3) is 0.235. The zero-order valence-electron chi connectivity index (χ0n) is 13.4. The van der Waals surface area contributed by atoms with E-state index in [0.717, 1.165) is 5.56 Å². The van der Waals surface area contributed by atoms with E-state index in [9.17, 15) is 13.2 Å². The summed E-state index contributed by atoms with van der Waals surface area (Å²) in [6, 6.07) is 12.0. The van der Waals surface area contributed by atoms with Gasteiger partial charge in [0.1, 0.15) is 10.9 Å². The zero-order chi connectivity index (χ0) is 18.4. The molecule has 0 aliphatic carbocycles. The van der Waals surface area contributed by atoms with Crippen LogP contribution in [0.15, 0.2) is 53.4 Å². The quantitative estimate of drug-likeness (QED) is 0.721. The summed E-state index contributed by atoms with van der Waals surface area (Å²) in [5.41, 5.74) is 0.797. The van der Waals surface area contributed by atoms with Crippen molar-refractivity contribution in [3.05, 3.63) is 64.1 Å². The summed E-state index contributed by atoms with van der Waals surface area (Å²) in [5, 5.41) is 0.289. The largest absolute Gasteiger partial charge is 0.465 e. The van der Waals surface area contributed by atoms with Crippen LogP contribution < -0.4 is 4.72 Å². The van der Waals surface area contributed by atoms with E-state index in [0.29, 0.717) is 5.02 Å². The first kappa shape index (κ1) is 19.7. The van der Waals surface area contributed by atoms with E-state index in [-0.39, 0.29) is 22.9 Å². The molecular weight excluding hydrogens is 385 g/mol. The molecular formula is C17H17Cl2NO4S. The van der Waals surface area contributed by atoms with Gasteiger partial charge in [-0.25, -0.2) is 8.42 Å². The summed E-state index contributed by atoms with van der Waals surface area (Å²) in [5.74, 6) is -0.653. The summed E-state index contributed by atoms with van der Waals surface area (Å²) < 4.78 is 32.6. The number of rotatable bonds is 7. The molecule has 0 spiro atoms. The molecule has 2 rings (SSSR count). The van der Waals surface area contributed by atoms with Crippen LogP contribution in [-0.2, 0) is 26.0 Å². The molecule has 1 atom stereocenters. The number of carbonyl (C=O) groups is 1. The minimum absolute atomic E-state index is 0.0256. The number of halogens is 2. The molecule has 0 aromatic heterocycles. The first-order valence-electron chi connectivity index (χ1n) is 7.51. The highest BCUT2D eigenvalue weighted by molar-refractivity contribution is 7.89. The normalized spacial score (nSPS) is 12.6. The molecule has 0 saturated heterocycles. The van der Waals surface area contributed by atoms with Crippen molar-refractivity contribution in [2.75, 3.05) is 6.61 Å². The molecule has 134 valence electrons. The maximum Gasteiger partial charge on any atom is 0.324 e. The Labute approximate surface area is 157 Å². The molecule has 0 fully saturated rings. The van der Waals surface area contributed by atoms with Gasteiger partial charge in [0.15, 0.2) is 0 Å². The van der Waals surface area contributed by atoms with Gasteiger partial charge in [-0.15, -0.1) is 0 Å². The Bertz CT molecular complexity index is 841. The molecule has 0 aliphatic rings. The molecule has 0 bridgehead atoms. The smallest absolute Gasteiger partial charge is 0.324 e. The van der Waals surface area contributed by atoms with Crippen molar-refractivity contribution in [2.45, 2.75) is 24.3 Å². The van der Waals surface area contributed by atoms with Crippen molar-refractivity contribution >= 4 is 39.2 Å². The van der Waals surface area contributed by atoms with E-state index >= 15 is 0 Å². The summed E-state index contributed by atoms with van der Waals surface area (Å²) in [6.07, 6.45) is 0.157. The molecule has 8 heteroatoms. The topological polar surface area (TPSA) is 72.5 Å². The Hall–Kier alpha value is -1.60. The first-order valence-corrected chi connectivity index (χ1v) is 9.75. The number of hydrogen-bond donors (Lipinski definition) is 1. The van der Waals surface area contributed by atoms with Crippen LogP contribution in [0.4, 0.5) is 0 Å². The van der Waals surface area contributed by atoms with Gasteiger partial charge < -0.3 is 4.74 Å². The van der Waals surface area contributed by atoms with E-state index in [2.05, 4.69) is 4.72 Å². The fourth-order valence-corrected chi connectivity index (χ4v) is 4.17. The molecule has 1 N–H and O–H groups in total. The van der Waals surface area contributed by atoms with Gasteiger partial charge >= 0.3 is 5.97 Å². The van der Waals surface area contributed by atoms with Crippen LogP contribution in [0.2, 0.25) is 10.0 Å². The number of nitrogens with one attached hydrogen (secondary N) is 1. The molecule has 0 heterocycles. The molecule has 0 radical (unpaired) electrons. The molecule has 2 aromatic carbocycles. The molecule has 5 nitrogen and oxygen atoms in total. The maximum atomic E-state index is 12.6. The van der Waals surface area contributed by atoms with Crippen LogP contribution in [0, 0.1) is 0 Å². The van der Waals surface area contributed by atoms with Gasteiger partial charge in [-0.3, -0.25) is 4.79 Å². The molecule has 1 unspecified atom stereocenters. The van der Waals surface area contributed by atoms with Crippen molar-refractivity contribution < 1.29 is 17.9 Å². The van der Waals surface area contributed by atoms with Crippen LogP contribution in [0.25, 0.3) is 0 Å². The van der Waals surface area contributed by atoms with Gasteiger partial charge in [0.2, 0.25) is 10.0 Å². The SMILES string of the molecule is CCOC(=O)C(Cc1ccccc1)NS(=O)(=O)c1ccc(Cl)cc1Cl. The van der Waals surface area contributed by atoms with Gasteiger partial charge in [0.25, 0.3) is 0 Å². The number of ether oxygens (including phenoxy) is 1. The van der Waals surface area contributed by atoms with Gasteiger partial charge in [-0.2, -0.15) is 4.72 Å². The second kappa shape index (κ2) is 8.67. The van der Waals surface area contributed by atoms with E-state index < -0.39 is 22.0 Å². The number of carbonyl (C=O) groups excluding carboxylic acids is 1. The van der Waals surface area contributed by atoms with Crippen LogP contribution >= 0.6 is 23.2 Å². The highest BCUT2D eigenvalue weighted by atomic mass is 35.5. The van der Waals surface area contributed by atoms with Crippen molar-refractivity contribution in [1.29, 1.82) is 0 Å². The lowest BCUT2D eigenvalue weighted by Crippen LogP contribution is -2.43. The summed E-state index contributed by atoms with van der Waals surface area (Å²) in [6.45, 7) is 1.80. The minimum Gasteiger partial charge on any atom is -0.465 e. The predicted octanol–water partition coefficient (Wildman–Crippen LogP) is 3.45. The van der Waals surface area contributed by atoms with Crippen molar-refractivity contribution in [3.8, 4) is 0 Å². The van der Waals surface area contributed by atoms with E-state index in [4.69, 9.17) is 27.9 Å². The maximum absolute atomic E-state index is 12.6. The highest BCUT2D eigenvalue weighted by Crippen LogP contribution is 2.25. The lowest BCUT2D eigenvalue weighted by atomic mass is 10.1. The third kappa shape index (κ3) is 5.44. The van der Waals surface area contributed by atoms with Gasteiger partial charge in [-0.1, -0.05) is 53.5 Å². The van der Waals surface area contributed by atoms with Crippen molar-refractivity contribution in [1.82, 2.24) is 4.72 Å². The lowest BCUT2D eigenvalue weighted by Gasteiger charge is -2.18. The van der Waals surface area contributed by atoms with E-state index in [1.54, 1.807) is 19.1 Å². The number of sulfonamides is 1. The average Bonchev–Trinajstić information content (AvgIpc) is 2.55. The molecule has 25 heavy (non-hydrogen) atoms. The minimum atomic E-state index is -4.03. The predicted molar refractivity (Wildman–Crippen MR) is 97.4 cm³/mol. The highest BCUT2D eigenvalue weighted by Gasteiger charge is 2.28. The summed E-state index contributed by atoms with van der Waals surface area (Å²) in [7, 11) is -4.03. The summed E-state index contributed by atoms with van der Waals surface area (Å²) >= 11 is 11.8. The van der Waals surface area contributed by atoms with Crippen molar-refractivity contribution in [2.24, 2.45) is 0 Å². The van der Waals surface area contributed by atoms with Crippen LogP contribution in [0.5, 0.6) is 0 Å². The third-order valence-electron chi connectivity index (χ3n) is 3.33. The van der Waals surface area contributed by atoms with Crippen molar-refractivity contribution in [3.63, 3.8) is 0 Å². The zero-order valence-corrected chi connectivity index (χ0v) is 15.7. The first-order chi connectivity index (χ1) is 11.8. The van der Waals surface area contributed by atoms with Crippen LogP contribution in [-0.4, -0.2) is 27.0 Å². The van der Waals surface area contributed by atoms with E-state index in [1.165, 1.54) is 18.2 Å². The Morgan fingerprint density at radius 3 is 2.44 bits per heavy atom. The van der Waals surface area contributed by atoms with Gasteiger partial charge in [0.05, 0.1) is 11.6 Å². The second-order valence-electron chi connectivity index (χ2n) is 5.19. The monoisotopic (exact) mass is 401 g/mol. The number of benzene rings is 2. The number of esters is 1. The average molecular weight is 402 g/mol. The Balaban J connectivity index is 2.29. The van der Waals surface area contributed by atoms with Gasteiger partial charge in [0, 0.05) is 5.02 Å². The Kier molecular flexibility index (Phi) is 6.84. The number of hydrogen-bond acceptors (Lipinski definition) is 4. The van der Waals surface area contributed by atoms with Crippen LogP contribution in [0.3, 0.4) is 0 Å². The molecule has 0 saturated carbocycles. The third-order valence-corrected chi connectivity index (χ3v) is 5.52. The molecule has 2 aromatic rings. The van der Waals surface area contributed by atoms with E-state index in [1.807, 2.05) is 18.2 Å². The standard InChI is InChI=1S/C17H17Cl2NO4S/c1-2-24-17(21)15(10-12-6-4-3-5-7-12)20-25(22,23)16-9-8-13(18)11-14(16)19/h3-9,11,15,20H,2,10H2,1H3. The molecule has 0 amide bonds. The Morgan fingerprint density at radius 2 is 1.84 bits per heavy atom. The summed E-state index contributed by atoms with van der Waals surface area (Å²) in [4.78, 5) is 12.0. The fourth-order valence-electron chi connectivity index (χ4n) is 2.21.